The summed E-state index contributed by atoms with van der Waals surface area (Å²) in [4.78, 5) is 3.97. The topological polar surface area (TPSA) is 36.7 Å². The molecule has 0 aliphatic carbocycles. The van der Waals surface area contributed by atoms with Gasteiger partial charge in [0.1, 0.15) is 0 Å². The van der Waals surface area contributed by atoms with E-state index in [9.17, 15) is 0 Å². The molecular weight excluding hydrogens is 136 g/mol. The standard InChI is InChI=1S/C9H7N2/c10-9-2-1-7-3-4-11-6-8(7)5-9/h1-6,10H/q-1. The van der Waals surface area contributed by atoms with Crippen molar-refractivity contribution in [2.24, 2.45) is 0 Å². The second-order valence-corrected chi connectivity index (χ2v) is 2.44. The smallest absolute Gasteiger partial charge is 0.0345 e. The van der Waals surface area contributed by atoms with Crippen LogP contribution >= 0.6 is 0 Å². The van der Waals surface area contributed by atoms with Crippen LogP contribution in [0.3, 0.4) is 0 Å². The van der Waals surface area contributed by atoms with Crippen molar-refractivity contribution in [3.8, 4) is 0 Å². The van der Waals surface area contributed by atoms with E-state index in [1.165, 1.54) is 0 Å². The van der Waals surface area contributed by atoms with Crippen LogP contribution in [0.2, 0.25) is 0 Å². The van der Waals surface area contributed by atoms with Crippen molar-refractivity contribution < 1.29 is 0 Å². The highest BCUT2D eigenvalue weighted by Gasteiger charge is 1.87. The average Bonchev–Trinajstić information content (AvgIpc) is 2.04. The van der Waals surface area contributed by atoms with E-state index in [1.54, 1.807) is 18.5 Å². The predicted molar refractivity (Wildman–Crippen MR) is 45.7 cm³/mol. The molecule has 0 atom stereocenters. The lowest BCUT2D eigenvalue weighted by molar-refractivity contribution is 1.36. The highest BCUT2D eigenvalue weighted by molar-refractivity contribution is 5.84. The van der Waals surface area contributed by atoms with Crippen LogP contribution in [0.25, 0.3) is 16.5 Å². The minimum absolute atomic E-state index is 0.533. The molecule has 0 spiro atoms. The molecular formula is C9H7N2-. The molecule has 1 N–H and O–H groups in total. The zero-order valence-corrected chi connectivity index (χ0v) is 5.91. The van der Waals surface area contributed by atoms with Gasteiger partial charge in [-0.2, -0.15) is 0 Å². The van der Waals surface area contributed by atoms with Gasteiger partial charge in [-0.15, -0.1) is 5.69 Å². The summed E-state index contributed by atoms with van der Waals surface area (Å²) in [7, 11) is 0. The molecule has 0 aliphatic heterocycles. The van der Waals surface area contributed by atoms with Gasteiger partial charge in [0.15, 0.2) is 0 Å². The second-order valence-electron chi connectivity index (χ2n) is 2.44. The Hall–Kier alpha value is -1.57. The van der Waals surface area contributed by atoms with E-state index >= 15 is 0 Å². The first-order valence-electron chi connectivity index (χ1n) is 3.42. The molecule has 2 heteroatoms. The highest BCUT2D eigenvalue weighted by Crippen LogP contribution is 2.18. The Bertz CT molecular complexity index is 382. The van der Waals surface area contributed by atoms with Crippen LogP contribution in [-0.4, -0.2) is 4.98 Å². The summed E-state index contributed by atoms with van der Waals surface area (Å²) >= 11 is 0. The Kier molecular flexibility index (Phi) is 1.25. The summed E-state index contributed by atoms with van der Waals surface area (Å²) in [5, 5.41) is 2.16. The van der Waals surface area contributed by atoms with Gasteiger partial charge in [0, 0.05) is 12.4 Å². The normalized spacial score (nSPS) is 10.2. The number of fused-ring (bicyclic) bond motifs is 1. The molecule has 2 nitrogen and oxygen atoms in total. The van der Waals surface area contributed by atoms with Gasteiger partial charge in [-0.1, -0.05) is 18.2 Å². The Morgan fingerprint density at radius 3 is 2.91 bits per heavy atom. The number of nitrogens with one attached hydrogen (secondary N) is 1. The monoisotopic (exact) mass is 143 g/mol. The maximum atomic E-state index is 7.35. The third kappa shape index (κ3) is 1.03. The lowest BCUT2D eigenvalue weighted by atomic mass is 10.2. The van der Waals surface area contributed by atoms with Gasteiger partial charge in [-0.25, -0.2) is 0 Å². The average molecular weight is 143 g/mol. The van der Waals surface area contributed by atoms with Crippen LogP contribution in [0.4, 0.5) is 5.69 Å². The zero-order chi connectivity index (χ0) is 7.68. The maximum absolute atomic E-state index is 7.35. The fourth-order valence-corrected chi connectivity index (χ4v) is 1.09. The van der Waals surface area contributed by atoms with E-state index in [2.05, 4.69) is 4.98 Å². The summed E-state index contributed by atoms with van der Waals surface area (Å²) in [6.45, 7) is 0. The van der Waals surface area contributed by atoms with Crippen LogP contribution in [-0.2, 0) is 0 Å². The van der Waals surface area contributed by atoms with Gasteiger partial charge in [-0.3, -0.25) is 4.98 Å². The van der Waals surface area contributed by atoms with Gasteiger partial charge in [0.25, 0.3) is 0 Å². The molecule has 1 aromatic carbocycles. The highest BCUT2D eigenvalue weighted by atomic mass is 14.6. The quantitative estimate of drug-likeness (QED) is 0.558. The Morgan fingerprint density at radius 1 is 1.09 bits per heavy atom. The van der Waals surface area contributed by atoms with Crippen molar-refractivity contribution in [2.45, 2.75) is 0 Å². The molecule has 11 heavy (non-hydrogen) atoms. The van der Waals surface area contributed by atoms with E-state index < -0.39 is 0 Å². The third-order valence-electron chi connectivity index (χ3n) is 1.64. The van der Waals surface area contributed by atoms with Crippen molar-refractivity contribution in [1.82, 2.24) is 4.98 Å². The van der Waals surface area contributed by atoms with E-state index in [0.717, 1.165) is 10.8 Å². The van der Waals surface area contributed by atoms with Crippen LogP contribution in [0, 0.1) is 0 Å². The molecule has 54 valence electrons. The number of hydrogen-bond acceptors (Lipinski definition) is 1. The second kappa shape index (κ2) is 2.23. The fraction of sp³-hybridized carbons (Fsp3) is 0. The van der Waals surface area contributed by atoms with Gasteiger partial charge >= 0.3 is 0 Å². The molecule has 0 amide bonds. The van der Waals surface area contributed by atoms with Crippen molar-refractivity contribution >= 4 is 16.5 Å². The largest absolute Gasteiger partial charge is 0.699 e. The minimum Gasteiger partial charge on any atom is -0.699 e. The van der Waals surface area contributed by atoms with Crippen molar-refractivity contribution in [3.63, 3.8) is 0 Å². The van der Waals surface area contributed by atoms with Crippen LogP contribution in [0.1, 0.15) is 0 Å². The van der Waals surface area contributed by atoms with Crippen LogP contribution in [0.5, 0.6) is 0 Å². The zero-order valence-electron chi connectivity index (χ0n) is 5.91. The first kappa shape index (κ1) is 6.16. The Balaban J connectivity index is 2.83. The van der Waals surface area contributed by atoms with E-state index in [-0.39, 0.29) is 0 Å². The molecule has 0 saturated carbocycles. The lowest BCUT2D eigenvalue weighted by Crippen LogP contribution is -1.72. The van der Waals surface area contributed by atoms with Crippen LogP contribution < -0.4 is 0 Å². The molecule has 2 rings (SSSR count). The molecule has 2 aromatic rings. The molecule has 0 bridgehead atoms. The molecule has 0 aliphatic rings. The maximum Gasteiger partial charge on any atom is 0.0345 e. The van der Waals surface area contributed by atoms with E-state index in [4.69, 9.17) is 5.73 Å². The molecule has 1 heterocycles. The van der Waals surface area contributed by atoms with E-state index in [1.807, 2.05) is 18.2 Å². The predicted octanol–water partition coefficient (Wildman–Crippen LogP) is 2.92. The first-order valence-corrected chi connectivity index (χ1v) is 3.42. The Labute approximate surface area is 64.7 Å². The molecule has 1 aromatic heterocycles. The SMILES string of the molecule is [NH-]c1ccc2ccncc2c1. The lowest BCUT2D eigenvalue weighted by Gasteiger charge is -2.02. The van der Waals surface area contributed by atoms with Gasteiger partial charge in [0.2, 0.25) is 0 Å². The van der Waals surface area contributed by atoms with Crippen molar-refractivity contribution in [2.75, 3.05) is 0 Å². The van der Waals surface area contributed by atoms with Gasteiger partial charge < -0.3 is 5.73 Å². The van der Waals surface area contributed by atoms with Crippen molar-refractivity contribution in [1.29, 1.82) is 0 Å². The number of pyridine rings is 1. The number of benzene rings is 1. The van der Waals surface area contributed by atoms with Crippen molar-refractivity contribution in [3.05, 3.63) is 42.4 Å². The first-order chi connectivity index (χ1) is 5.36. The minimum atomic E-state index is 0.533. The number of aromatic nitrogens is 1. The summed E-state index contributed by atoms with van der Waals surface area (Å²) in [6, 6.07) is 7.46. The molecule has 0 unspecified atom stereocenters. The van der Waals surface area contributed by atoms with E-state index in [0.29, 0.717) is 5.69 Å². The summed E-state index contributed by atoms with van der Waals surface area (Å²) < 4.78 is 0. The number of rotatable bonds is 0. The van der Waals surface area contributed by atoms with Crippen LogP contribution in [0.15, 0.2) is 36.7 Å². The molecule has 0 fully saturated rings. The van der Waals surface area contributed by atoms with Gasteiger partial charge in [0.05, 0.1) is 0 Å². The fourth-order valence-electron chi connectivity index (χ4n) is 1.09. The molecule has 0 saturated heterocycles. The third-order valence-corrected chi connectivity index (χ3v) is 1.64. The summed E-state index contributed by atoms with van der Waals surface area (Å²) in [5.41, 5.74) is 7.88. The number of nitrogens with zero attached hydrogens (tertiary/aromatic N) is 1. The van der Waals surface area contributed by atoms with Gasteiger partial charge in [-0.05, 0) is 16.8 Å². The number of hydrogen-bond donors (Lipinski definition) is 0. The summed E-state index contributed by atoms with van der Waals surface area (Å²) in [5.74, 6) is 0. The molecule has 0 radical (unpaired) electrons. The summed E-state index contributed by atoms with van der Waals surface area (Å²) in [6.07, 6.45) is 3.53. The Morgan fingerprint density at radius 2 is 2.00 bits per heavy atom.